The maximum Gasteiger partial charge on any atom is 0.306 e. The molecule has 0 fully saturated rings. The minimum absolute atomic E-state index is 0.0457. The highest BCUT2D eigenvalue weighted by Crippen LogP contribution is 2.38. The van der Waals surface area contributed by atoms with Gasteiger partial charge in [0.2, 0.25) is 0 Å². The van der Waals surface area contributed by atoms with E-state index in [9.17, 15) is 19.0 Å². The number of nitrogens with zero attached hydrogens (tertiary/aromatic N) is 1. The lowest BCUT2D eigenvalue weighted by atomic mass is 10.0. The molecule has 0 spiro atoms. The molecule has 10 heteroatoms. The lowest BCUT2D eigenvalue weighted by Gasteiger charge is -2.28. The molecule has 0 heterocycles. The molecule has 0 aromatic carbocycles. The van der Waals surface area contributed by atoms with Gasteiger partial charge in [0.05, 0.1) is 27.7 Å². The van der Waals surface area contributed by atoms with E-state index in [4.69, 9.17) is 18.5 Å². The Kier molecular flexibility index (Phi) is 56.5. The lowest BCUT2D eigenvalue weighted by molar-refractivity contribution is -0.870. The fourth-order valence-electron chi connectivity index (χ4n) is 8.05. The van der Waals surface area contributed by atoms with Crippen molar-refractivity contribution in [3.8, 4) is 0 Å². The summed E-state index contributed by atoms with van der Waals surface area (Å²) < 4.78 is 34.1. The number of unbranched alkanes of at least 4 members (excludes halogenated alkanes) is 18. The minimum atomic E-state index is -4.66. The average Bonchev–Trinajstić information content (AvgIpc) is 3.42. The number of rotatable bonds is 56. The van der Waals surface area contributed by atoms with Crippen LogP contribution >= 0.6 is 7.82 Å². The van der Waals surface area contributed by atoms with Crippen LogP contribution in [0, 0.1) is 0 Å². The van der Waals surface area contributed by atoms with E-state index in [2.05, 4.69) is 160 Å². The first-order valence-corrected chi connectivity index (χ1v) is 33.0. The maximum atomic E-state index is 12.8. The second-order valence-electron chi connectivity index (χ2n) is 21.7. The van der Waals surface area contributed by atoms with Gasteiger partial charge in [0.1, 0.15) is 19.8 Å². The van der Waals surface area contributed by atoms with Crippen molar-refractivity contribution < 1.29 is 42.1 Å². The van der Waals surface area contributed by atoms with Crippen LogP contribution in [-0.2, 0) is 32.7 Å². The van der Waals surface area contributed by atoms with Crippen molar-refractivity contribution in [1.82, 2.24) is 0 Å². The summed E-state index contributed by atoms with van der Waals surface area (Å²) in [4.78, 5) is 37.9. The Morgan fingerprint density at radius 3 is 1.06 bits per heavy atom. The van der Waals surface area contributed by atoms with Gasteiger partial charge in [0.15, 0.2) is 6.10 Å². The molecule has 454 valence electrons. The Morgan fingerprint density at radius 2 is 0.713 bits per heavy atom. The van der Waals surface area contributed by atoms with Crippen LogP contribution in [0.4, 0.5) is 0 Å². The summed E-state index contributed by atoms with van der Waals surface area (Å²) in [6.45, 7) is 4.07. The average molecular weight is 1130 g/mol. The van der Waals surface area contributed by atoms with Crippen molar-refractivity contribution in [1.29, 1.82) is 0 Å². The third-order valence-corrected chi connectivity index (χ3v) is 13.8. The molecule has 0 aromatic heterocycles. The number of ether oxygens (including phenoxy) is 2. The topological polar surface area (TPSA) is 111 Å². The van der Waals surface area contributed by atoms with Crippen LogP contribution in [0.15, 0.2) is 146 Å². The molecule has 0 rings (SSSR count). The first-order chi connectivity index (χ1) is 39.0. The number of hydrogen-bond acceptors (Lipinski definition) is 8. The maximum absolute atomic E-state index is 12.8. The van der Waals surface area contributed by atoms with Crippen molar-refractivity contribution in [2.75, 3.05) is 47.5 Å². The first-order valence-electron chi connectivity index (χ1n) is 31.5. The zero-order chi connectivity index (χ0) is 58.4. The monoisotopic (exact) mass is 1130 g/mol. The fourth-order valence-corrected chi connectivity index (χ4v) is 8.78. The third-order valence-electron chi connectivity index (χ3n) is 12.9. The highest BCUT2D eigenvalue weighted by atomic mass is 31.2. The molecular weight excluding hydrogens is 1010 g/mol. The first kappa shape index (κ1) is 75.9. The van der Waals surface area contributed by atoms with Gasteiger partial charge in [-0.1, -0.05) is 262 Å². The van der Waals surface area contributed by atoms with E-state index in [1.165, 1.54) is 89.9 Å². The molecule has 0 saturated carbocycles. The van der Waals surface area contributed by atoms with Crippen LogP contribution in [0.3, 0.4) is 0 Å². The number of carbonyl (C=O) groups excluding carboxylic acids is 2. The van der Waals surface area contributed by atoms with Gasteiger partial charge in [-0.15, -0.1) is 0 Å². The van der Waals surface area contributed by atoms with E-state index in [1.807, 2.05) is 21.1 Å². The zero-order valence-corrected chi connectivity index (χ0v) is 52.4. The molecule has 0 radical (unpaired) electrons. The molecule has 0 saturated heterocycles. The number of allylic oxidation sites excluding steroid dienone is 24. The summed E-state index contributed by atoms with van der Waals surface area (Å²) in [5, 5.41) is 0. The summed E-state index contributed by atoms with van der Waals surface area (Å²) in [7, 11) is 1.12. The number of likely N-dealkylation sites (N-methyl/N-ethyl adjacent to an activating group) is 1. The Hall–Kier alpha value is -4.11. The molecule has 2 atom stereocenters. The van der Waals surface area contributed by atoms with Crippen molar-refractivity contribution in [3.63, 3.8) is 0 Å². The van der Waals surface area contributed by atoms with E-state index in [0.29, 0.717) is 17.4 Å². The van der Waals surface area contributed by atoms with E-state index < -0.39 is 32.5 Å². The summed E-state index contributed by atoms with van der Waals surface area (Å²) in [6, 6.07) is 0. The van der Waals surface area contributed by atoms with E-state index >= 15 is 0 Å². The van der Waals surface area contributed by atoms with Gasteiger partial charge >= 0.3 is 11.9 Å². The highest BCUT2D eigenvalue weighted by molar-refractivity contribution is 7.45. The van der Waals surface area contributed by atoms with E-state index in [-0.39, 0.29) is 26.1 Å². The Morgan fingerprint density at radius 1 is 0.400 bits per heavy atom. The number of quaternary nitrogens is 1. The van der Waals surface area contributed by atoms with Crippen LogP contribution in [-0.4, -0.2) is 70.0 Å². The van der Waals surface area contributed by atoms with Crippen molar-refractivity contribution >= 4 is 19.8 Å². The predicted molar refractivity (Wildman–Crippen MR) is 341 cm³/mol. The largest absolute Gasteiger partial charge is 0.756 e. The van der Waals surface area contributed by atoms with Gasteiger partial charge in [0, 0.05) is 12.8 Å². The van der Waals surface area contributed by atoms with E-state index in [1.54, 1.807) is 0 Å². The molecular formula is C70H116NO8P. The van der Waals surface area contributed by atoms with Crippen LogP contribution in [0.25, 0.3) is 0 Å². The van der Waals surface area contributed by atoms with Gasteiger partial charge in [-0.2, -0.15) is 0 Å². The van der Waals surface area contributed by atoms with Crippen LogP contribution in [0.5, 0.6) is 0 Å². The second-order valence-corrected chi connectivity index (χ2v) is 23.1. The molecule has 0 N–H and O–H groups in total. The fraction of sp³-hybridized carbons (Fsp3) is 0.629. The predicted octanol–water partition coefficient (Wildman–Crippen LogP) is 19.6. The van der Waals surface area contributed by atoms with Crippen LogP contribution in [0.1, 0.15) is 232 Å². The smallest absolute Gasteiger partial charge is 0.306 e. The van der Waals surface area contributed by atoms with Crippen molar-refractivity contribution in [3.05, 3.63) is 146 Å². The highest BCUT2D eigenvalue weighted by Gasteiger charge is 2.21. The third kappa shape index (κ3) is 63.1. The Balaban J connectivity index is 4.23. The molecule has 80 heavy (non-hydrogen) atoms. The number of carbonyl (C=O) groups is 2. The molecule has 0 aliphatic heterocycles. The molecule has 0 aliphatic carbocycles. The molecule has 0 amide bonds. The second kappa shape index (κ2) is 59.5. The van der Waals surface area contributed by atoms with Crippen LogP contribution in [0.2, 0.25) is 0 Å². The molecule has 0 aliphatic rings. The van der Waals surface area contributed by atoms with Gasteiger partial charge in [0.25, 0.3) is 7.82 Å². The SMILES string of the molecule is CC/C=C\C/C=C\C/C=C\C/C=C\C/C=C\C/C=C\C/C=C\C/C=C\C/C=C\C/C=C\C/C=C\C/C=C\CCCCC(=O)OC(COC(=O)CCCCCCCCCCCCCCCCCCC)COP(=O)([O-])OCC[N+](C)(C)C. The van der Waals surface area contributed by atoms with Gasteiger partial charge in [-0.25, -0.2) is 0 Å². The number of phosphoric acid groups is 1. The summed E-state index contributed by atoms with van der Waals surface area (Å²) in [6.07, 6.45) is 87.7. The number of hydrogen-bond donors (Lipinski definition) is 0. The van der Waals surface area contributed by atoms with Gasteiger partial charge in [-0.05, 0) is 103 Å². The minimum Gasteiger partial charge on any atom is -0.756 e. The van der Waals surface area contributed by atoms with Crippen molar-refractivity contribution in [2.24, 2.45) is 0 Å². The molecule has 0 aromatic rings. The number of phosphoric ester groups is 1. The van der Waals surface area contributed by atoms with Gasteiger partial charge < -0.3 is 27.9 Å². The summed E-state index contributed by atoms with van der Waals surface area (Å²) in [5.41, 5.74) is 0. The summed E-state index contributed by atoms with van der Waals surface area (Å²) >= 11 is 0. The molecule has 2 unspecified atom stereocenters. The molecule has 0 bridgehead atoms. The zero-order valence-electron chi connectivity index (χ0n) is 51.5. The lowest BCUT2D eigenvalue weighted by Crippen LogP contribution is -2.37. The summed E-state index contributed by atoms with van der Waals surface area (Å²) in [5.74, 6) is -0.889. The standard InChI is InChI=1S/C70H116NO8P/c1-6-8-10-12-14-16-18-20-22-24-25-26-27-28-29-30-31-32-33-34-35-36-37-38-39-40-41-42-43-44-45-47-49-51-53-55-57-59-61-63-70(73)79-68(67-78-80(74,75)77-65-64-71(3,4)5)66-76-69(72)62-60-58-56-54-52-50-48-46-23-21-19-17-15-13-11-9-7-2/h8,10,14,16,20,22,25-26,28-29,31-32,34-35,37-38,40-41,43-44,47,49,53,55,68H,6-7,9,11-13,15,17-19,21,23-24,27,30,33,36,39,42,45-46,48,50-52,54,56-67H2,1-5H3/b10-8-,16-14-,22-20-,26-25-,29-28-,32-31-,35-34-,38-37-,41-40-,44-43-,49-47-,55-53-. The van der Waals surface area contributed by atoms with Crippen molar-refractivity contribution in [2.45, 2.75) is 238 Å². The van der Waals surface area contributed by atoms with E-state index in [0.717, 1.165) is 109 Å². The Bertz CT molecular complexity index is 1860. The van der Waals surface area contributed by atoms with Crippen LogP contribution < -0.4 is 4.89 Å². The number of esters is 2. The molecule has 9 nitrogen and oxygen atoms in total. The normalized spacial score (nSPS) is 14.2. The van der Waals surface area contributed by atoms with Gasteiger partial charge in [-0.3, -0.25) is 14.2 Å². The Labute approximate surface area is 491 Å². The quantitative estimate of drug-likeness (QED) is 0.0195.